The fraction of sp³-hybridized carbons (Fsp3) is 0.400. The van der Waals surface area contributed by atoms with Crippen molar-refractivity contribution in [3.05, 3.63) is 29.6 Å². The first-order chi connectivity index (χ1) is 7.33. The third-order valence-corrected chi connectivity index (χ3v) is 2.10. The molecule has 0 aliphatic rings. The monoisotopic (exact) mass is 237 g/mol. The van der Waals surface area contributed by atoms with Crippen LogP contribution in [0.15, 0.2) is 18.2 Å². The van der Waals surface area contributed by atoms with Crippen molar-refractivity contribution in [2.45, 2.75) is 19.3 Å². The molecule has 1 rings (SSSR count). The van der Waals surface area contributed by atoms with Gasteiger partial charge in [0.05, 0.1) is 0 Å². The molecule has 16 heavy (non-hydrogen) atoms. The summed E-state index contributed by atoms with van der Waals surface area (Å²) in [6.07, 6.45) is -4.77. The highest BCUT2D eigenvalue weighted by Crippen LogP contribution is 2.27. The van der Waals surface area contributed by atoms with E-state index in [0.29, 0.717) is 0 Å². The summed E-state index contributed by atoms with van der Waals surface area (Å²) in [5, 5.41) is 2.74. The third kappa shape index (κ3) is 3.37. The summed E-state index contributed by atoms with van der Waals surface area (Å²) < 4.78 is 52.7. The van der Waals surface area contributed by atoms with Gasteiger partial charge < -0.3 is 10.1 Å². The summed E-state index contributed by atoms with van der Waals surface area (Å²) in [5.41, 5.74) is 0.129. The molecule has 0 saturated carbocycles. The van der Waals surface area contributed by atoms with Crippen LogP contribution in [-0.2, 0) is 0 Å². The van der Waals surface area contributed by atoms with Gasteiger partial charge in [0.25, 0.3) is 0 Å². The third-order valence-electron chi connectivity index (χ3n) is 2.10. The van der Waals surface area contributed by atoms with Gasteiger partial charge in [-0.15, -0.1) is 13.2 Å². The minimum Gasteiger partial charge on any atom is -0.406 e. The van der Waals surface area contributed by atoms with Crippen LogP contribution < -0.4 is 10.1 Å². The Bertz CT molecular complexity index is 364. The van der Waals surface area contributed by atoms with E-state index < -0.39 is 24.0 Å². The second-order valence-corrected chi connectivity index (χ2v) is 3.24. The van der Waals surface area contributed by atoms with E-state index in [4.69, 9.17) is 0 Å². The van der Waals surface area contributed by atoms with Gasteiger partial charge in [-0.3, -0.25) is 0 Å². The molecular weight excluding hydrogens is 226 g/mol. The lowest BCUT2D eigenvalue weighted by atomic mass is 10.1. The average Bonchev–Trinajstić information content (AvgIpc) is 2.18. The number of nitrogens with one attached hydrogen (secondary N) is 1. The fourth-order valence-electron chi connectivity index (χ4n) is 1.21. The van der Waals surface area contributed by atoms with Crippen LogP contribution in [0.2, 0.25) is 0 Å². The molecule has 0 bridgehead atoms. The van der Waals surface area contributed by atoms with Crippen molar-refractivity contribution >= 4 is 0 Å². The van der Waals surface area contributed by atoms with Crippen molar-refractivity contribution in [3.63, 3.8) is 0 Å². The van der Waals surface area contributed by atoms with E-state index in [1.54, 1.807) is 14.0 Å². The predicted octanol–water partition coefficient (Wildman–Crippen LogP) is 3.00. The maximum Gasteiger partial charge on any atom is 0.573 e. The molecule has 1 aromatic rings. The maximum absolute atomic E-state index is 13.3. The van der Waals surface area contributed by atoms with Gasteiger partial charge in [0.1, 0.15) is 11.6 Å². The first kappa shape index (κ1) is 12.8. The Balaban J connectivity index is 2.98. The Morgan fingerprint density at radius 2 is 1.94 bits per heavy atom. The summed E-state index contributed by atoms with van der Waals surface area (Å²) in [6.45, 7) is 1.63. The Hall–Kier alpha value is -1.30. The zero-order chi connectivity index (χ0) is 12.3. The van der Waals surface area contributed by atoms with Crippen LogP contribution in [0.25, 0.3) is 0 Å². The summed E-state index contributed by atoms with van der Waals surface area (Å²) in [7, 11) is 1.58. The van der Waals surface area contributed by atoms with Crippen molar-refractivity contribution in [3.8, 4) is 5.75 Å². The van der Waals surface area contributed by atoms with E-state index in [0.717, 1.165) is 18.2 Å². The maximum atomic E-state index is 13.3. The van der Waals surface area contributed by atoms with Crippen LogP contribution in [0.1, 0.15) is 18.5 Å². The van der Waals surface area contributed by atoms with Crippen molar-refractivity contribution in [1.82, 2.24) is 5.32 Å². The zero-order valence-electron chi connectivity index (χ0n) is 8.73. The second kappa shape index (κ2) is 4.69. The molecule has 0 aliphatic heterocycles. The zero-order valence-corrected chi connectivity index (χ0v) is 8.73. The molecule has 0 amide bonds. The lowest BCUT2D eigenvalue weighted by Gasteiger charge is -2.14. The second-order valence-electron chi connectivity index (χ2n) is 3.24. The Labute approximate surface area is 90.2 Å². The minimum atomic E-state index is -4.77. The van der Waals surface area contributed by atoms with Gasteiger partial charge >= 0.3 is 6.36 Å². The molecule has 0 aliphatic carbocycles. The van der Waals surface area contributed by atoms with E-state index in [1.807, 2.05) is 0 Å². The minimum absolute atomic E-state index is 0.129. The van der Waals surface area contributed by atoms with Crippen molar-refractivity contribution in [2.24, 2.45) is 0 Å². The Morgan fingerprint density at radius 3 is 2.44 bits per heavy atom. The molecule has 0 fully saturated rings. The van der Waals surface area contributed by atoms with Gasteiger partial charge in [-0.25, -0.2) is 4.39 Å². The van der Waals surface area contributed by atoms with E-state index in [-0.39, 0.29) is 5.56 Å². The molecular formula is C10H11F4NO. The highest BCUT2D eigenvalue weighted by molar-refractivity contribution is 5.31. The smallest absolute Gasteiger partial charge is 0.406 e. The van der Waals surface area contributed by atoms with Gasteiger partial charge in [0, 0.05) is 11.6 Å². The highest BCUT2D eigenvalue weighted by Gasteiger charge is 2.31. The first-order valence-corrected chi connectivity index (χ1v) is 4.56. The summed E-state index contributed by atoms with van der Waals surface area (Å²) in [4.78, 5) is 0. The van der Waals surface area contributed by atoms with Crippen LogP contribution in [0.4, 0.5) is 17.6 Å². The largest absolute Gasteiger partial charge is 0.573 e. The molecule has 0 heterocycles. The van der Waals surface area contributed by atoms with Gasteiger partial charge in [-0.2, -0.15) is 0 Å². The molecule has 1 N–H and O–H groups in total. The fourth-order valence-corrected chi connectivity index (χ4v) is 1.21. The molecule has 0 saturated heterocycles. The predicted molar refractivity (Wildman–Crippen MR) is 50.6 cm³/mol. The highest BCUT2D eigenvalue weighted by atomic mass is 19.4. The molecule has 2 nitrogen and oxygen atoms in total. The molecule has 1 atom stereocenters. The van der Waals surface area contributed by atoms with Crippen LogP contribution in [-0.4, -0.2) is 13.4 Å². The summed E-state index contributed by atoms with van der Waals surface area (Å²) >= 11 is 0. The normalized spacial score (nSPS) is 13.6. The molecule has 6 heteroatoms. The number of halogens is 4. The van der Waals surface area contributed by atoms with Crippen molar-refractivity contribution < 1.29 is 22.3 Å². The van der Waals surface area contributed by atoms with Gasteiger partial charge in [0.2, 0.25) is 0 Å². The van der Waals surface area contributed by atoms with Gasteiger partial charge in [-0.05, 0) is 32.2 Å². The van der Waals surface area contributed by atoms with E-state index in [9.17, 15) is 17.6 Å². The van der Waals surface area contributed by atoms with Crippen molar-refractivity contribution in [1.29, 1.82) is 0 Å². The number of alkyl halides is 3. The summed E-state index contributed by atoms with van der Waals surface area (Å²) in [5.74, 6) is -0.998. The first-order valence-electron chi connectivity index (χ1n) is 4.56. The van der Waals surface area contributed by atoms with Crippen LogP contribution >= 0.6 is 0 Å². The number of benzene rings is 1. The number of ether oxygens (including phenoxy) is 1. The number of hydrogen-bond donors (Lipinski definition) is 1. The molecule has 0 radical (unpaired) electrons. The topological polar surface area (TPSA) is 21.3 Å². The van der Waals surface area contributed by atoms with Crippen LogP contribution in [0.3, 0.4) is 0 Å². The number of rotatable bonds is 3. The van der Waals surface area contributed by atoms with E-state index in [2.05, 4.69) is 10.1 Å². The van der Waals surface area contributed by atoms with Crippen LogP contribution in [0, 0.1) is 5.82 Å². The Kier molecular flexibility index (Phi) is 3.74. The SMILES string of the molecule is CN[C@@H](C)c1cc(OC(F)(F)F)ccc1F. The van der Waals surface area contributed by atoms with E-state index in [1.165, 1.54) is 0 Å². The average molecular weight is 237 g/mol. The summed E-state index contributed by atoms with van der Waals surface area (Å²) in [6, 6.07) is 2.53. The Morgan fingerprint density at radius 1 is 1.31 bits per heavy atom. The lowest BCUT2D eigenvalue weighted by molar-refractivity contribution is -0.274. The molecule has 0 aromatic heterocycles. The molecule has 0 spiro atoms. The van der Waals surface area contributed by atoms with Crippen LogP contribution in [0.5, 0.6) is 5.75 Å². The standard InChI is InChI=1S/C10H11F4NO/c1-6(15-2)8-5-7(3-4-9(8)11)16-10(12,13)14/h3-6,15H,1-2H3/t6-/m0/s1. The molecule has 0 unspecified atom stereocenters. The van der Waals surface area contributed by atoms with Gasteiger partial charge in [-0.1, -0.05) is 0 Å². The number of hydrogen-bond acceptors (Lipinski definition) is 2. The quantitative estimate of drug-likeness (QED) is 0.816. The van der Waals surface area contributed by atoms with Gasteiger partial charge in [0.15, 0.2) is 0 Å². The molecule has 1 aromatic carbocycles. The molecule has 90 valence electrons. The van der Waals surface area contributed by atoms with Crippen molar-refractivity contribution in [2.75, 3.05) is 7.05 Å². The lowest BCUT2D eigenvalue weighted by Crippen LogP contribution is -2.18. The van der Waals surface area contributed by atoms with E-state index >= 15 is 0 Å².